The molecule has 0 amide bonds. The van der Waals surface area contributed by atoms with Crippen molar-refractivity contribution in [2.24, 2.45) is 5.92 Å². The minimum absolute atomic E-state index is 0. The molecule has 1 unspecified atom stereocenters. The molecule has 29 heavy (non-hydrogen) atoms. The van der Waals surface area contributed by atoms with Crippen LogP contribution in [-0.2, 0) is 14.6 Å². The van der Waals surface area contributed by atoms with E-state index in [9.17, 15) is 13.0 Å². The predicted molar refractivity (Wildman–Crippen MR) is 118 cm³/mol. The van der Waals surface area contributed by atoms with E-state index in [4.69, 9.17) is 0 Å². The van der Waals surface area contributed by atoms with Crippen molar-refractivity contribution in [3.8, 4) is 0 Å². The maximum Gasteiger partial charge on any atom is 1.00 e. The Kier molecular flexibility index (Phi) is 27.2. The van der Waals surface area contributed by atoms with E-state index in [-0.39, 0.29) is 63.9 Å². The molecule has 1 atom stereocenters. The fourth-order valence-corrected chi connectivity index (χ4v) is 4.16. The van der Waals surface area contributed by atoms with Crippen molar-refractivity contribution in [2.45, 2.75) is 136 Å². The molecule has 0 aromatic heterocycles. The van der Waals surface area contributed by atoms with Gasteiger partial charge in [0, 0.05) is 0 Å². The summed E-state index contributed by atoms with van der Waals surface area (Å²) in [6, 6.07) is 0. The van der Waals surface area contributed by atoms with E-state index in [0.717, 1.165) is 25.7 Å². The molecular formula is C23H47KO4S. The smallest absolute Gasteiger partial charge is 0.726 e. The van der Waals surface area contributed by atoms with Gasteiger partial charge in [-0.3, -0.25) is 4.18 Å². The van der Waals surface area contributed by atoms with Crippen molar-refractivity contribution < 1.29 is 68.5 Å². The fraction of sp³-hybridized carbons (Fsp3) is 1.00. The Labute approximate surface area is 225 Å². The summed E-state index contributed by atoms with van der Waals surface area (Å²) in [5.41, 5.74) is 0. The van der Waals surface area contributed by atoms with Crippen LogP contribution < -0.4 is 51.4 Å². The largest absolute Gasteiger partial charge is 1.00 e. The quantitative estimate of drug-likeness (QED) is 0.103. The van der Waals surface area contributed by atoms with Crippen LogP contribution in [0.1, 0.15) is 136 Å². The molecule has 0 aromatic carbocycles. The van der Waals surface area contributed by atoms with Gasteiger partial charge in [-0.1, -0.05) is 123 Å². The van der Waals surface area contributed by atoms with E-state index in [1.54, 1.807) is 0 Å². The van der Waals surface area contributed by atoms with E-state index in [1.165, 1.54) is 96.3 Å². The Bertz CT molecular complexity index is 415. The Morgan fingerprint density at radius 1 is 0.621 bits per heavy atom. The van der Waals surface area contributed by atoms with Gasteiger partial charge >= 0.3 is 51.4 Å². The van der Waals surface area contributed by atoms with Gasteiger partial charge in [0.2, 0.25) is 10.4 Å². The average Bonchev–Trinajstić information content (AvgIpc) is 2.65. The zero-order valence-corrected chi connectivity index (χ0v) is 23.7. The molecule has 0 rings (SSSR count). The van der Waals surface area contributed by atoms with Crippen LogP contribution in [0.2, 0.25) is 0 Å². The van der Waals surface area contributed by atoms with Crippen molar-refractivity contribution in [3.05, 3.63) is 0 Å². The normalized spacial score (nSPS) is 12.7. The van der Waals surface area contributed by atoms with Crippen LogP contribution in [-0.4, -0.2) is 19.6 Å². The molecule has 0 aliphatic carbocycles. The first-order valence-corrected chi connectivity index (χ1v) is 13.4. The first kappa shape index (κ1) is 32.7. The molecule has 0 fully saturated rings. The van der Waals surface area contributed by atoms with Gasteiger partial charge in [-0.05, 0) is 18.8 Å². The van der Waals surface area contributed by atoms with E-state index in [0.29, 0.717) is 0 Å². The second-order valence-corrected chi connectivity index (χ2v) is 9.49. The standard InChI is InChI=1S/C23H48O4S.K/c1-3-5-7-9-11-12-13-14-15-17-19-21-23(22-27-28(24,25)26)20-18-16-10-8-6-4-2;/h23H,3-22H2,1-2H3,(H,24,25,26);/q;+1/p-1. The third kappa shape index (κ3) is 27.5. The summed E-state index contributed by atoms with van der Waals surface area (Å²) in [5.74, 6) is 0.202. The van der Waals surface area contributed by atoms with Crippen LogP contribution in [0.15, 0.2) is 0 Å². The number of rotatable bonds is 22. The Morgan fingerprint density at radius 3 is 1.24 bits per heavy atom. The molecule has 0 aliphatic rings. The van der Waals surface area contributed by atoms with Crippen LogP contribution in [0.3, 0.4) is 0 Å². The predicted octanol–water partition coefficient (Wildman–Crippen LogP) is 4.54. The van der Waals surface area contributed by atoms with Crippen molar-refractivity contribution in [1.29, 1.82) is 0 Å². The monoisotopic (exact) mass is 458 g/mol. The topological polar surface area (TPSA) is 66.4 Å². The summed E-state index contributed by atoms with van der Waals surface area (Å²) in [6.45, 7) is 4.53. The second kappa shape index (κ2) is 24.2. The van der Waals surface area contributed by atoms with Gasteiger partial charge in [0.1, 0.15) is 0 Å². The molecule has 0 spiro atoms. The molecular weight excluding hydrogens is 411 g/mol. The number of hydrogen-bond donors (Lipinski definition) is 0. The summed E-state index contributed by atoms with van der Waals surface area (Å²) in [5, 5.41) is 0. The van der Waals surface area contributed by atoms with Gasteiger partial charge in [0.05, 0.1) is 6.61 Å². The number of unbranched alkanes of at least 4 members (excludes halogenated alkanes) is 15. The SMILES string of the molecule is CCCCCCCCCCCCCC(CCCCCCCC)COS(=O)(=O)[O-].[K+]. The van der Waals surface area contributed by atoms with Crippen molar-refractivity contribution in [1.82, 2.24) is 0 Å². The van der Waals surface area contributed by atoms with Crippen LogP contribution in [0, 0.1) is 5.92 Å². The minimum Gasteiger partial charge on any atom is -0.726 e. The van der Waals surface area contributed by atoms with E-state index in [1.807, 2.05) is 0 Å². The van der Waals surface area contributed by atoms with Gasteiger partial charge in [0.15, 0.2) is 0 Å². The van der Waals surface area contributed by atoms with Crippen LogP contribution in [0.25, 0.3) is 0 Å². The summed E-state index contributed by atoms with van der Waals surface area (Å²) in [4.78, 5) is 0. The Hall–Kier alpha value is 1.51. The van der Waals surface area contributed by atoms with Crippen molar-refractivity contribution in [3.63, 3.8) is 0 Å². The number of hydrogen-bond acceptors (Lipinski definition) is 4. The van der Waals surface area contributed by atoms with Gasteiger partial charge in [-0.25, -0.2) is 8.42 Å². The van der Waals surface area contributed by atoms with Crippen molar-refractivity contribution >= 4 is 10.4 Å². The van der Waals surface area contributed by atoms with E-state index < -0.39 is 10.4 Å². The fourth-order valence-electron chi connectivity index (χ4n) is 3.80. The van der Waals surface area contributed by atoms with Crippen LogP contribution in [0.5, 0.6) is 0 Å². The van der Waals surface area contributed by atoms with Gasteiger partial charge < -0.3 is 4.55 Å². The average molecular weight is 459 g/mol. The molecule has 0 saturated heterocycles. The Balaban J connectivity index is 0. The molecule has 0 radical (unpaired) electrons. The van der Waals surface area contributed by atoms with E-state index in [2.05, 4.69) is 18.0 Å². The zero-order valence-electron chi connectivity index (χ0n) is 19.8. The van der Waals surface area contributed by atoms with Gasteiger partial charge in [-0.2, -0.15) is 0 Å². The summed E-state index contributed by atoms with van der Waals surface area (Å²) >= 11 is 0. The first-order valence-electron chi connectivity index (χ1n) is 12.1. The van der Waals surface area contributed by atoms with Gasteiger partial charge in [0.25, 0.3) is 0 Å². The second-order valence-electron chi connectivity index (χ2n) is 8.44. The van der Waals surface area contributed by atoms with E-state index >= 15 is 0 Å². The summed E-state index contributed by atoms with van der Waals surface area (Å²) in [6.07, 6.45) is 23.7. The molecule has 0 bridgehead atoms. The molecule has 6 heteroatoms. The third-order valence-electron chi connectivity index (χ3n) is 5.63. The minimum atomic E-state index is -4.57. The van der Waals surface area contributed by atoms with Gasteiger partial charge in [-0.15, -0.1) is 0 Å². The van der Waals surface area contributed by atoms with Crippen LogP contribution >= 0.6 is 0 Å². The first-order chi connectivity index (χ1) is 13.5. The molecule has 0 saturated carbocycles. The molecule has 4 nitrogen and oxygen atoms in total. The molecule has 0 aromatic rings. The molecule has 0 aliphatic heterocycles. The zero-order chi connectivity index (χ0) is 20.9. The maximum atomic E-state index is 10.8. The summed E-state index contributed by atoms with van der Waals surface area (Å²) < 4.78 is 36.9. The third-order valence-corrected chi connectivity index (χ3v) is 6.05. The molecule has 0 heterocycles. The van der Waals surface area contributed by atoms with Crippen molar-refractivity contribution in [2.75, 3.05) is 6.61 Å². The maximum absolute atomic E-state index is 10.8. The summed E-state index contributed by atoms with van der Waals surface area (Å²) in [7, 11) is -4.57. The molecule has 170 valence electrons. The molecule has 0 N–H and O–H groups in total. The van der Waals surface area contributed by atoms with Crippen LogP contribution in [0.4, 0.5) is 0 Å². The Morgan fingerprint density at radius 2 is 0.931 bits per heavy atom.